The van der Waals surface area contributed by atoms with Gasteiger partial charge in [-0.25, -0.2) is 0 Å². The van der Waals surface area contributed by atoms with Crippen LogP contribution >= 0.6 is 0 Å². The molecule has 25 heavy (non-hydrogen) atoms. The van der Waals surface area contributed by atoms with Gasteiger partial charge < -0.3 is 14.7 Å². The highest BCUT2D eigenvalue weighted by atomic mass is 16.5. The fourth-order valence-electron chi connectivity index (χ4n) is 4.56. The molecule has 0 aromatic heterocycles. The number of rotatable bonds is 4. The molecule has 1 N–H and O–H groups in total. The van der Waals surface area contributed by atoms with E-state index in [1.807, 2.05) is 23.1 Å². The van der Waals surface area contributed by atoms with Crippen LogP contribution in [0.25, 0.3) is 0 Å². The number of ether oxygens (including phenoxy) is 1. The molecule has 3 aliphatic heterocycles. The minimum absolute atomic E-state index is 0.0987. The van der Waals surface area contributed by atoms with Crippen molar-refractivity contribution in [3.8, 4) is 0 Å². The Labute approximate surface area is 149 Å². The standard InChI is InChI=1S/C20H28N2O3/c23-18(22-13-19(14-22)8-10-25-16-19)11-20(24)7-4-9-21(15-20)12-17-5-2-1-3-6-17/h1-3,5-6,24H,4,7-16H2. The summed E-state index contributed by atoms with van der Waals surface area (Å²) in [4.78, 5) is 16.8. The van der Waals surface area contributed by atoms with E-state index in [-0.39, 0.29) is 17.7 Å². The van der Waals surface area contributed by atoms with Crippen LogP contribution in [-0.2, 0) is 16.1 Å². The van der Waals surface area contributed by atoms with Crippen molar-refractivity contribution < 1.29 is 14.6 Å². The van der Waals surface area contributed by atoms with Crippen LogP contribution in [-0.4, -0.2) is 65.8 Å². The maximum absolute atomic E-state index is 12.6. The lowest BCUT2D eigenvalue weighted by Gasteiger charge is -2.48. The summed E-state index contributed by atoms with van der Waals surface area (Å²) in [6.07, 6.45) is 2.96. The Morgan fingerprint density at radius 2 is 1.96 bits per heavy atom. The van der Waals surface area contributed by atoms with Gasteiger partial charge in [-0.15, -0.1) is 0 Å². The van der Waals surface area contributed by atoms with E-state index in [1.54, 1.807) is 0 Å². The molecule has 3 aliphatic rings. The smallest absolute Gasteiger partial charge is 0.225 e. The highest BCUT2D eigenvalue weighted by molar-refractivity contribution is 5.78. The van der Waals surface area contributed by atoms with Crippen LogP contribution in [0.3, 0.4) is 0 Å². The van der Waals surface area contributed by atoms with Crippen molar-refractivity contribution in [2.75, 3.05) is 39.4 Å². The molecule has 1 aromatic carbocycles. The van der Waals surface area contributed by atoms with Gasteiger partial charge in [-0.05, 0) is 31.4 Å². The van der Waals surface area contributed by atoms with E-state index in [0.717, 1.165) is 52.2 Å². The molecule has 1 amide bonds. The topological polar surface area (TPSA) is 53.0 Å². The number of amides is 1. The fourth-order valence-corrected chi connectivity index (χ4v) is 4.56. The van der Waals surface area contributed by atoms with Gasteiger partial charge in [-0.2, -0.15) is 0 Å². The Balaban J connectivity index is 1.31. The quantitative estimate of drug-likeness (QED) is 0.902. The second-order valence-corrected chi connectivity index (χ2v) is 8.25. The van der Waals surface area contributed by atoms with Crippen molar-refractivity contribution in [3.05, 3.63) is 35.9 Å². The number of benzene rings is 1. The Morgan fingerprint density at radius 3 is 2.68 bits per heavy atom. The molecule has 3 heterocycles. The second-order valence-electron chi connectivity index (χ2n) is 8.25. The summed E-state index contributed by atoms with van der Waals surface area (Å²) in [5, 5.41) is 11.0. The average Bonchev–Trinajstić information content (AvgIpc) is 3.04. The molecular formula is C20H28N2O3. The summed E-state index contributed by atoms with van der Waals surface area (Å²) in [7, 11) is 0. The van der Waals surface area contributed by atoms with Crippen LogP contribution in [0.2, 0.25) is 0 Å². The molecule has 1 spiro atoms. The third kappa shape index (κ3) is 3.73. The summed E-state index contributed by atoms with van der Waals surface area (Å²) >= 11 is 0. The summed E-state index contributed by atoms with van der Waals surface area (Å²) in [6.45, 7) is 5.60. The van der Waals surface area contributed by atoms with Gasteiger partial charge in [-0.3, -0.25) is 9.69 Å². The predicted octanol–water partition coefficient (Wildman–Crippen LogP) is 1.65. The monoisotopic (exact) mass is 344 g/mol. The number of carbonyl (C=O) groups excluding carboxylic acids is 1. The molecule has 1 unspecified atom stereocenters. The van der Waals surface area contributed by atoms with Gasteiger partial charge in [0.25, 0.3) is 0 Å². The Kier molecular flexibility index (Phi) is 4.56. The molecule has 1 aromatic rings. The number of β-amino-alcohol motifs (C(OH)–C–C–N with tert-alkyl or cyclic N) is 1. The van der Waals surface area contributed by atoms with Gasteiger partial charge in [0, 0.05) is 38.2 Å². The molecule has 0 aliphatic carbocycles. The first-order valence-electron chi connectivity index (χ1n) is 9.40. The number of hydrogen-bond donors (Lipinski definition) is 1. The zero-order valence-electron chi connectivity index (χ0n) is 14.8. The van der Waals surface area contributed by atoms with Crippen LogP contribution in [0.15, 0.2) is 30.3 Å². The maximum Gasteiger partial charge on any atom is 0.225 e. The summed E-state index contributed by atoms with van der Waals surface area (Å²) in [5.74, 6) is 0.0987. The Morgan fingerprint density at radius 1 is 1.16 bits per heavy atom. The first-order valence-corrected chi connectivity index (χ1v) is 9.40. The third-order valence-electron chi connectivity index (χ3n) is 5.95. The van der Waals surface area contributed by atoms with Crippen LogP contribution in [0.5, 0.6) is 0 Å². The van der Waals surface area contributed by atoms with E-state index in [1.165, 1.54) is 5.56 Å². The van der Waals surface area contributed by atoms with Gasteiger partial charge in [0.2, 0.25) is 5.91 Å². The van der Waals surface area contributed by atoms with Crippen LogP contribution in [0.1, 0.15) is 31.2 Å². The van der Waals surface area contributed by atoms with E-state index < -0.39 is 5.60 Å². The first-order chi connectivity index (χ1) is 12.1. The van der Waals surface area contributed by atoms with Crippen molar-refractivity contribution in [2.24, 2.45) is 5.41 Å². The SMILES string of the molecule is O=C(CC1(O)CCCN(Cc2ccccc2)C1)N1CC2(CCOC2)C1. The molecule has 1 atom stereocenters. The van der Waals surface area contributed by atoms with Gasteiger partial charge in [0.15, 0.2) is 0 Å². The zero-order chi connectivity index (χ0) is 17.3. The molecule has 0 bridgehead atoms. The third-order valence-corrected chi connectivity index (χ3v) is 5.95. The van der Waals surface area contributed by atoms with E-state index in [2.05, 4.69) is 17.0 Å². The molecule has 0 radical (unpaired) electrons. The molecule has 3 saturated heterocycles. The Hall–Kier alpha value is -1.43. The number of likely N-dealkylation sites (tertiary alicyclic amines) is 2. The van der Waals surface area contributed by atoms with Crippen molar-refractivity contribution in [1.82, 2.24) is 9.80 Å². The Bertz CT molecular complexity index is 607. The lowest BCUT2D eigenvalue weighted by atomic mass is 9.78. The lowest BCUT2D eigenvalue weighted by Crippen LogP contribution is -2.60. The molecule has 3 fully saturated rings. The second kappa shape index (κ2) is 6.71. The van der Waals surface area contributed by atoms with Crippen LogP contribution in [0, 0.1) is 5.41 Å². The van der Waals surface area contributed by atoms with E-state index in [4.69, 9.17) is 4.74 Å². The highest BCUT2D eigenvalue weighted by Gasteiger charge is 2.48. The van der Waals surface area contributed by atoms with E-state index >= 15 is 0 Å². The summed E-state index contributed by atoms with van der Waals surface area (Å²) < 4.78 is 5.48. The van der Waals surface area contributed by atoms with Crippen molar-refractivity contribution in [2.45, 2.75) is 37.8 Å². The normalized spacial score (nSPS) is 28.9. The molecule has 4 rings (SSSR count). The highest BCUT2D eigenvalue weighted by Crippen LogP contribution is 2.39. The van der Waals surface area contributed by atoms with E-state index in [9.17, 15) is 9.90 Å². The molecule has 136 valence electrons. The van der Waals surface area contributed by atoms with E-state index in [0.29, 0.717) is 13.0 Å². The summed E-state index contributed by atoms with van der Waals surface area (Å²) in [6, 6.07) is 10.3. The van der Waals surface area contributed by atoms with Crippen molar-refractivity contribution in [1.29, 1.82) is 0 Å². The van der Waals surface area contributed by atoms with Gasteiger partial charge in [-0.1, -0.05) is 30.3 Å². The predicted molar refractivity (Wildman–Crippen MR) is 95.0 cm³/mol. The minimum Gasteiger partial charge on any atom is -0.388 e. The number of hydrogen-bond acceptors (Lipinski definition) is 4. The fraction of sp³-hybridized carbons (Fsp3) is 0.650. The molecule has 0 saturated carbocycles. The maximum atomic E-state index is 12.6. The summed E-state index contributed by atoms with van der Waals surface area (Å²) in [5.41, 5.74) is 0.576. The van der Waals surface area contributed by atoms with Gasteiger partial charge >= 0.3 is 0 Å². The minimum atomic E-state index is -0.890. The zero-order valence-corrected chi connectivity index (χ0v) is 14.8. The number of nitrogens with zero attached hydrogens (tertiary/aromatic N) is 2. The average molecular weight is 344 g/mol. The number of piperidine rings is 1. The molecular weight excluding hydrogens is 316 g/mol. The first kappa shape index (κ1) is 17.0. The van der Waals surface area contributed by atoms with Crippen LogP contribution < -0.4 is 0 Å². The number of carbonyl (C=O) groups is 1. The largest absolute Gasteiger partial charge is 0.388 e. The number of aliphatic hydroxyl groups is 1. The molecule has 5 heteroatoms. The lowest BCUT2D eigenvalue weighted by molar-refractivity contribution is -0.151. The van der Waals surface area contributed by atoms with Crippen molar-refractivity contribution >= 4 is 5.91 Å². The van der Waals surface area contributed by atoms with Gasteiger partial charge in [0.1, 0.15) is 0 Å². The molecule has 5 nitrogen and oxygen atoms in total. The van der Waals surface area contributed by atoms with Gasteiger partial charge in [0.05, 0.1) is 18.6 Å². The van der Waals surface area contributed by atoms with Crippen molar-refractivity contribution in [3.63, 3.8) is 0 Å². The van der Waals surface area contributed by atoms with Crippen LogP contribution in [0.4, 0.5) is 0 Å².